The predicted molar refractivity (Wildman–Crippen MR) is 488 cm³/mol. The molecule has 11 rings (SSSR count). The molecule has 107 heavy (non-hydrogen) atoms. The fraction of sp³-hybridized carbons (Fsp3) is 0.774. The van der Waals surface area contributed by atoms with E-state index < -0.39 is 0 Å². The van der Waals surface area contributed by atoms with Gasteiger partial charge in [-0.25, -0.2) is 0 Å². The second-order valence-electron chi connectivity index (χ2n) is 50.9. The summed E-state index contributed by atoms with van der Waals surface area (Å²) in [6.07, 6.45) is 25.3. The van der Waals surface area contributed by atoms with Crippen LogP contribution in [0, 0.1) is 73.4 Å². The van der Waals surface area contributed by atoms with Crippen molar-refractivity contribution >= 4 is 21.8 Å². The Kier molecular flexibility index (Phi) is 33.3. The van der Waals surface area contributed by atoms with Crippen LogP contribution in [0.5, 0.6) is 0 Å². The van der Waals surface area contributed by atoms with Crippen LogP contribution < -0.4 is 0 Å². The quantitative estimate of drug-likeness (QED) is 0.158. The van der Waals surface area contributed by atoms with E-state index in [1.165, 1.54) is 131 Å². The minimum Gasteiger partial charge on any atom is -0.335 e. The van der Waals surface area contributed by atoms with Crippen molar-refractivity contribution < 1.29 is 0 Å². The number of rotatable bonds is 1. The van der Waals surface area contributed by atoms with Gasteiger partial charge in [-0.15, -0.1) is 0 Å². The Morgan fingerprint density at radius 3 is 0.841 bits per heavy atom. The molecule has 4 bridgehead atoms. The van der Waals surface area contributed by atoms with Crippen LogP contribution in [0.2, 0.25) is 0 Å². The van der Waals surface area contributed by atoms with Gasteiger partial charge in [0.25, 0.3) is 0 Å². The second kappa shape index (κ2) is 36.4. The van der Waals surface area contributed by atoms with Gasteiger partial charge in [0.15, 0.2) is 0 Å². The van der Waals surface area contributed by atoms with E-state index in [-0.39, 0.29) is 43.4 Å². The smallest absolute Gasteiger partial charge is 0.0496 e. The fourth-order valence-corrected chi connectivity index (χ4v) is 19.7. The van der Waals surface area contributed by atoms with E-state index in [1.807, 2.05) is 0 Å². The van der Waals surface area contributed by atoms with E-state index in [9.17, 15) is 0 Å². The molecule has 1 nitrogen and oxygen atoms in total. The Labute approximate surface area is 670 Å². The van der Waals surface area contributed by atoms with Gasteiger partial charge < -0.3 is 4.57 Å². The Morgan fingerprint density at radius 1 is 0.336 bits per heavy atom. The number of fused-ring (bicyclic) bond motifs is 3. The summed E-state index contributed by atoms with van der Waals surface area (Å²) in [6.45, 7) is 102. The van der Waals surface area contributed by atoms with Gasteiger partial charge >= 0.3 is 0 Å². The van der Waals surface area contributed by atoms with E-state index in [4.69, 9.17) is 0 Å². The monoisotopic (exact) mass is 1470 g/mol. The summed E-state index contributed by atoms with van der Waals surface area (Å²) in [5, 5.41) is 2.76. The van der Waals surface area contributed by atoms with Crippen molar-refractivity contribution in [2.45, 2.75) is 457 Å². The third-order valence-electron chi connectivity index (χ3n) is 24.3. The second-order valence-corrected chi connectivity index (χ2v) is 50.9. The van der Waals surface area contributed by atoms with Crippen LogP contribution in [0.25, 0.3) is 21.8 Å². The summed E-state index contributed by atoms with van der Waals surface area (Å²) in [6, 6.07) is 29.6. The summed E-state index contributed by atoms with van der Waals surface area (Å²) >= 11 is 0. The third kappa shape index (κ3) is 31.5. The molecule has 0 unspecified atom stereocenters. The van der Waals surface area contributed by atoms with Crippen LogP contribution in [-0.4, -0.2) is 4.57 Å². The standard InChI is InChI=1S/C24H33N.C18H30.C14H24.C14H22.C10H20.C9H18.C9H20.C8H18/c1-22(2,3)16-10-12-20-18(14-16)19-15-17(23(4,5)6)11-13-21(19)25(20)24(7,8)9;1-16(2,3)13-11-10-12-14(17(4,5)6)15(13)18(7,8)9;1-13(2,3)14-7-10-4-11(8-14)6-12(5-10)9-14;1-13(2,3)11-9-7-8-10-12(11)14(4,5)6;1-10(2,3)9-7-5-4-6-8-9;1-9(2,3)8-6-4-5-7-8;1-8(2,3)7-9(4,5)6;1-7(2)6-8(3,4)5/h10-15H,1-9H3;10-12H,1-9H3;10-12H,4-9H2,1-3H3;7-10H,1-6H3;9H,4-8H2,1-3H3;8H,4-7H2,1-3H3;7H2,1-6H3;7H,6H2,1-5H3. The van der Waals surface area contributed by atoms with Crippen molar-refractivity contribution in [2.75, 3.05) is 0 Å². The summed E-state index contributed by atoms with van der Waals surface area (Å²) in [5.41, 5.74) is 18.3. The fourth-order valence-electron chi connectivity index (χ4n) is 19.7. The number of benzene rings is 4. The molecule has 0 spiro atoms. The van der Waals surface area contributed by atoms with Crippen molar-refractivity contribution in [1.29, 1.82) is 0 Å². The van der Waals surface area contributed by atoms with E-state index in [0.717, 1.165) is 40.9 Å². The Bertz CT molecular complexity index is 3260. The highest BCUT2D eigenvalue weighted by Gasteiger charge is 2.55. The van der Waals surface area contributed by atoms with Gasteiger partial charge in [0, 0.05) is 27.3 Å². The molecule has 6 fully saturated rings. The molecule has 0 radical (unpaired) electrons. The van der Waals surface area contributed by atoms with Gasteiger partial charge in [-0.1, -0.05) is 371 Å². The zero-order chi connectivity index (χ0) is 83.1. The lowest BCUT2D eigenvalue weighted by atomic mass is 9.43. The molecular formula is C106H185N. The molecule has 6 aliphatic rings. The van der Waals surface area contributed by atoms with Gasteiger partial charge in [-0.3, -0.25) is 0 Å². The van der Waals surface area contributed by atoms with Crippen molar-refractivity contribution in [3.05, 3.63) is 118 Å². The molecule has 0 amide bonds. The maximum Gasteiger partial charge on any atom is 0.0496 e. The lowest BCUT2D eigenvalue weighted by Gasteiger charge is -2.62. The Balaban J connectivity index is 0.000000327. The maximum absolute atomic E-state index is 2.50. The molecule has 5 aromatic rings. The van der Waals surface area contributed by atoms with Crippen molar-refractivity contribution in [2.24, 2.45) is 73.4 Å². The highest BCUT2D eigenvalue weighted by atomic mass is 15.0. The Hall–Kier alpha value is -3.32. The summed E-state index contributed by atoms with van der Waals surface area (Å²) in [5.74, 6) is 6.19. The molecule has 1 heterocycles. The molecule has 1 heteroatoms. The summed E-state index contributed by atoms with van der Waals surface area (Å²) < 4.78 is 2.50. The Morgan fingerprint density at radius 2 is 0.636 bits per heavy atom. The number of hydrogen-bond donors (Lipinski definition) is 0. The molecule has 0 saturated heterocycles. The zero-order valence-electron chi connectivity index (χ0n) is 80.4. The van der Waals surface area contributed by atoms with Crippen LogP contribution in [-0.2, 0) is 43.4 Å². The topological polar surface area (TPSA) is 4.93 Å². The highest BCUT2D eigenvalue weighted by molar-refractivity contribution is 6.09. The van der Waals surface area contributed by atoms with Crippen molar-refractivity contribution in [3.8, 4) is 0 Å². The molecule has 6 aliphatic carbocycles. The molecule has 4 aromatic carbocycles. The van der Waals surface area contributed by atoms with Gasteiger partial charge in [-0.05, 0) is 272 Å². The SMILES string of the molecule is CC(C)(C)C12CC3CC(CC(C3)C1)C2.CC(C)(C)C1CCCC1.CC(C)(C)C1CCCCC1.CC(C)(C)CC(C)(C)C.CC(C)(C)c1ccc2c(c1)c1cc(C(C)(C)C)ccc1n2C(C)(C)C.CC(C)(C)c1cccc(C(C)(C)C)c1C(C)(C)C.CC(C)(C)c1ccccc1C(C)(C)C.CC(C)CC(C)(C)C. The maximum atomic E-state index is 2.50. The number of nitrogens with zero attached hydrogens (tertiary/aromatic N) is 1. The van der Waals surface area contributed by atoms with E-state index in [0.29, 0.717) is 32.5 Å². The number of hydrogen-bond acceptors (Lipinski definition) is 0. The molecule has 614 valence electrons. The normalized spacial score (nSPS) is 20.2. The molecular weight excluding hydrogens is 1290 g/mol. The molecule has 0 atom stereocenters. The first kappa shape index (κ1) is 97.9. The lowest BCUT2D eigenvalue weighted by molar-refractivity contribution is -0.113. The van der Waals surface area contributed by atoms with Crippen molar-refractivity contribution in [1.82, 2.24) is 4.57 Å². The van der Waals surface area contributed by atoms with Crippen LogP contribution in [0.3, 0.4) is 0 Å². The first-order chi connectivity index (χ1) is 47.7. The minimum absolute atomic E-state index is 0.0481. The third-order valence-corrected chi connectivity index (χ3v) is 24.3. The van der Waals surface area contributed by atoms with Crippen LogP contribution in [0.4, 0.5) is 0 Å². The summed E-state index contributed by atoms with van der Waals surface area (Å²) in [7, 11) is 0. The largest absolute Gasteiger partial charge is 0.335 e. The highest BCUT2D eigenvalue weighted by Crippen LogP contribution is 2.66. The molecule has 0 N–H and O–H groups in total. The van der Waals surface area contributed by atoms with Crippen LogP contribution in [0.15, 0.2) is 78.9 Å². The van der Waals surface area contributed by atoms with Gasteiger partial charge in [0.05, 0.1) is 0 Å². The van der Waals surface area contributed by atoms with E-state index in [1.54, 1.807) is 38.5 Å². The summed E-state index contributed by atoms with van der Waals surface area (Å²) in [4.78, 5) is 0. The lowest BCUT2D eigenvalue weighted by Crippen LogP contribution is -2.51. The minimum atomic E-state index is 0.0481. The van der Waals surface area contributed by atoms with Gasteiger partial charge in [0.1, 0.15) is 0 Å². The first-order valence-electron chi connectivity index (χ1n) is 44.0. The van der Waals surface area contributed by atoms with E-state index in [2.05, 4.69) is 388 Å². The predicted octanol–water partition coefficient (Wildman–Crippen LogP) is 34.6. The zero-order valence-corrected chi connectivity index (χ0v) is 80.4. The van der Waals surface area contributed by atoms with Crippen molar-refractivity contribution in [3.63, 3.8) is 0 Å². The number of aromatic nitrogens is 1. The first-order valence-corrected chi connectivity index (χ1v) is 44.0. The van der Waals surface area contributed by atoms with Gasteiger partial charge in [-0.2, -0.15) is 0 Å². The average Bonchev–Trinajstić information content (AvgIpc) is 1.59. The molecule has 0 aliphatic heterocycles. The van der Waals surface area contributed by atoms with Crippen LogP contribution in [0.1, 0.15) is 453 Å². The van der Waals surface area contributed by atoms with Crippen LogP contribution >= 0.6 is 0 Å². The van der Waals surface area contributed by atoms with Gasteiger partial charge in [0.2, 0.25) is 0 Å². The molecule has 6 saturated carbocycles. The molecule has 1 aromatic heterocycles. The van der Waals surface area contributed by atoms with E-state index >= 15 is 0 Å². The average molecular weight is 1470 g/mol.